The molecule has 9 nitrogen and oxygen atoms in total. The number of ether oxygens (including phenoxy) is 2. The summed E-state index contributed by atoms with van der Waals surface area (Å²) in [6.07, 6.45) is 30.4. The normalized spacial score (nSPS) is 14.0. The Labute approximate surface area is 267 Å². The smallest absolute Gasteiger partial charge is 0.462 e. The van der Waals surface area contributed by atoms with E-state index in [9.17, 15) is 19.0 Å². The molecule has 10 heteroatoms. The Bertz CT molecular complexity index is 830. The average molecular weight is 644 g/mol. The van der Waals surface area contributed by atoms with Gasteiger partial charge in [0.2, 0.25) is 0 Å². The van der Waals surface area contributed by atoms with E-state index in [1.807, 2.05) is 0 Å². The van der Waals surface area contributed by atoms with Gasteiger partial charge in [-0.3, -0.25) is 18.6 Å². The van der Waals surface area contributed by atoms with Gasteiger partial charge in [0.25, 0.3) is 0 Å². The molecule has 0 aliphatic rings. The fraction of sp³-hybridized carbons (Fsp3) is 0.765. The summed E-state index contributed by atoms with van der Waals surface area (Å²) in [7, 11) is -4.37. The second-order valence-corrected chi connectivity index (χ2v) is 12.5. The Morgan fingerprint density at radius 3 is 1.86 bits per heavy atom. The van der Waals surface area contributed by atoms with Gasteiger partial charge in [-0.15, -0.1) is 0 Å². The minimum Gasteiger partial charge on any atom is -0.462 e. The Morgan fingerprint density at radius 2 is 1.25 bits per heavy atom. The quantitative estimate of drug-likeness (QED) is 0.0329. The monoisotopic (exact) mass is 643 g/mol. The van der Waals surface area contributed by atoms with Gasteiger partial charge < -0.3 is 20.1 Å². The molecule has 0 heterocycles. The van der Waals surface area contributed by atoms with E-state index in [4.69, 9.17) is 24.3 Å². The Hall–Kier alpha value is -1.77. The molecule has 0 amide bonds. The summed E-state index contributed by atoms with van der Waals surface area (Å²) in [5.41, 5.74) is 5.31. The number of phosphoric ester groups is 1. The molecule has 0 saturated carbocycles. The molecule has 44 heavy (non-hydrogen) atoms. The van der Waals surface area contributed by atoms with Crippen molar-refractivity contribution in [2.24, 2.45) is 5.73 Å². The topological polar surface area (TPSA) is 134 Å². The van der Waals surface area contributed by atoms with Crippen LogP contribution in [0.25, 0.3) is 0 Å². The fourth-order valence-corrected chi connectivity index (χ4v) is 5.06. The number of allylic oxidation sites excluding steroid dienone is 6. The maximum Gasteiger partial charge on any atom is 0.472 e. The number of hydrogen-bond acceptors (Lipinski definition) is 8. The van der Waals surface area contributed by atoms with E-state index in [0.29, 0.717) is 6.42 Å². The maximum atomic E-state index is 12.4. The van der Waals surface area contributed by atoms with Crippen LogP contribution in [0.4, 0.5) is 0 Å². The molecule has 0 radical (unpaired) electrons. The SMILES string of the molecule is CC/C=C\C/C=C\C/C=C\CCCCCC(=O)OC(COC(=O)CCCCCCCCCCCC)COP(=O)(O)OCCN. The molecule has 3 N–H and O–H groups in total. The van der Waals surface area contributed by atoms with Crippen LogP contribution >= 0.6 is 7.82 Å². The molecule has 0 aromatic carbocycles. The predicted octanol–water partition coefficient (Wildman–Crippen LogP) is 8.65. The molecular weight excluding hydrogens is 581 g/mol. The van der Waals surface area contributed by atoms with Crippen LogP contribution in [0.3, 0.4) is 0 Å². The van der Waals surface area contributed by atoms with Gasteiger partial charge >= 0.3 is 19.8 Å². The highest BCUT2D eigenvalue weighted by molar-refractivity contribution is 7.47. The summed E-state index contributed by atoms with van der Waals surface area (Å²) in [6.45, 7) is 3.53. The van der Waals surface area contributed by atoms with E-state index in [0.717, 1.165) is 57.8 Å². The molecule has 2 atom stereocenters. The highest BCUT2D eigenvalue weighted by atomic mass is 31.2. The molecule has 0 aliphatic carbocycles. The largest absolute Gasteiger partial charge is 0.472 e. The highest BCUT2D eigenvalue weighted by Gasteiger charge is 2.25. The number of esters is 2. The molecule has 0 saturated heterocycles. The van der Waals surface area contributed by atoms with Gasteiger partial charge in [0.15, 0.2) is 6.10 Å². The minimum atomic E-state index is -4.37. The van der Waals surface area contributed by atoms with E-state index < -0.39 is 32.5 Å². The fourth-order valence-electron chi connectivity index (χ4n) is 4.29. The third-order valence-electron chi connectivity index (χ3n) is 6.79. The van der Waals surface area contributed by atoms with Gasteiger partial charge in [0, 0.05) is 19.4 Å². The van der Waals surface area contributed by atoms with Gasteiger partial charge in [-0.05, 0) is 44.9 Å². The van der Waals surface area contributed by atoms with Crippen LogP contribution in [0, 0.1) is 0 Å². The molecular formula is C34H62NO8P. The lowest BCUT2D eigenvalue weighted by molar-refractivity contribution is -0.161. The maximum absolute atomic E-state index is 12.4. The second-order valence-electron chi connectivity index (χ2n) is 11.0. The lowest BCUT2D eigenvalue weighted by Crippen LogP contribution is -2.29. The molecule has 0 aliphatic heterocycles. The summed E-state index contributed by atoms with van der Waals surface area (Å²) in [5, 5.41) is 0. The van der Waals surface area contributed by atoms with Crippen LogP contribution in [0.5, 0.6) is 0 Å². The van der Waals surface area contributed by atoms with Crippen molar-refractivity contribution in [3.8, 4) is 0 Å². The summed E-state index contributed by atoms with van der Waals surface area (Å²) in [5.74, 6) is -0.869. The summed E-state index contributed by atoms with van der Waals surface area (Å²) in [6, 6.07) is 0. The van der Waals surface area contributed by atoms with Crippen LogP contribution in [-0.2, 0) is 32.7 Å². The first-order chi connectivity index (χ1) is 21.3. The first kappa shape index (κ1) is 42.2. The van der Waals surface area contributed by atoms with Gasteiger partial charge in [0.05, 0.1) is 13.2 Å². The van der Waals surface area contributed by atoms with Crippen molar-refractivity contribution in [1.82, 2.24) is 0 Å². The number of carbonyl (C=O) groups is 2. The van der Waals surface area contributed by atoms with E-state index in [2.05, 4.69) is 50.3 Å². The molecule has 0 fully saturated rings. The van der Waals surface area contributed by atoms with E-state index in [1.54, 1.807) is 0 Å². The van der Waals surface area contributed by atoms with Gasteiger partial charge in [-0.25, -0.2) is 4.57 Å². The highest BCUT2D eigenvalue weighted by Crippen LogP contribution is 2.43. The average Bonchev–Trinajstić information content (AvgIpc) is 3.00. The van der Waals surface area contributed by atoms with E-state index in [-0.39, 0.29) is 32.6 Å². The van der Waals surface area contributed by atoms with E-state index >= 15 is 0 Å². The van der Waals surface area contributed by atoms with Crippen LogP contribution in [0.15, 0.2) is 36.5 Å². The number of rotatable bonds is 31. The zero-order valence-corrected chi connectivity index (χ0v) is 28.5. The summed E-state index contributed by atoms with van der Waals surface area (Å²) in [4.78, 5) is 34.5. The predicted molar refractivity (Wildman–Crippen MR) is 178 cm³/mol. The lowest BCUT2D eigenvalue weighted by atomic mass is 10.1. The zero-order chi connectivity index (χ0) is 32.6. The van der Waals surface area contributed by atoms with Crippen molar-refractivity contribution in [2.75, 3.05) is 26.4 Å². The minimum absolute atomic E-state index is 0.0483. The Balaban J connectivity index is 4.35. The van der Waals surface area contributed by atoms with Gasteiger partial charge in [-0.2, -0.15) is 0 Å². The summed E-state index contributed by atoms with van der Waals surface area (Å²) < 4.78 is 32.5. The second kappa shape index (κ2) is 31.2. The van der Waals surface area contributed by atoms with E-state index in [1.165, 1.54) is 44.9 Å². The molecule has 0 aromatic rings. The Morgan fingerprint density at radius 1 is 0.705 bits per heavy atom. The molecule has 0 aromatic heterocycles. The van der Waals surface area contributed by atoms with Crippen LogP contribution in [0.2, 0.25) is 0 Å². The first-order valence-electron chi connectivity index (χ1n) is 17.0. The number of phosphoric acid groups is 1. The molecule has 0 spiro atoms. The van der Waals surface area contributed by atoms with Crippen molar-refractivity contribution in [3.63, 3.8) is 0 Å². The van der Waals surface area contributed by atoms with Gasteiger partial charge in [0.1, 0.15) is 6.61 Å². The molecule has 2 unspecified atom stereocenters. The van der Waals surface area contributed by atoms with Crippen molar-refractivity contribution in [1.29, 1.82) is 0 Å². The van der Waals surface area contributed by atoms with Crippen molar-refractivity contribution < 1.29 is 37.6 Å². The number of nitrogens with two attached hydrogens (primary N) is 1. The van der Waals surface area contributed by atoms with Crippen molar-refractivity contribution in [2.45, 2.75) is 142 Å². The number of unbranched alkanes of at least 4 members (excludes halogenated alkanes) is 12. The number of carbonyl (C=O) groups excluding carboxylic acids is 2. The van der Waals surface area contributed by atoms with Crippen LogP contribution in [0.1, 0.15) is 136 Å². The third-order valence-corrected chi connectivity index (χ3v) is 7.77. The number of hydrogen-bond donors (Lipinski definition) is 2. The Kier molecular flexibility index (Phi) is 30.0. The summed E-state index contributed by atoms with van der Waals surface area (Å²) >= 11 is 0. The molecule has 0 bridgehead atoms. The first-order valence-corrected chi connectivity index (χ1v) is 18.5. The van der Waals surface area contributed by atoms with Crippen molar-refractivity contribution in [3.05, 3.63) is 36.5 Å². The standard InChI is InChI=1S/C34H62NO8P/c1-3-5-7-9-11-13-15-16-17-19-21-23-25-27-34(37)43-32(31-42-44(38,39)41-29-28-35)30-40-33(36)26-24-22-20-18-14-12-10-8-6-4-2/h5,7,11,13,16-17,32H,3-4,6,8-10,12,14-15,18-31,35H2,1-2H3,(H,38,39)/b7-5-,13-11-,17-16-. The third kappa shape index (κ3) is 30.3. The van der Waals surface area contributed by atoms with Crippen LogP contribution in [-0.4, -0.2) is 49.3 Å². The van der Waals surface area contributed by atoms with Crippen LogP contribution < -0.4 is 5.73 Å². The lowest BCUT2D eigenvalue weighted by Gasteiger charge is -2.19. The molecule has 256 valence electrons. The van der Waals surface area contributed by atoms with Crippen molar-refractivity contribution >= 4 is 19.8 Å². The zero-order valence-electron chi connectivity index (χ0n) is 27.6. The molecule has 0 rings (SSSR count). The van der Waals surface area contributed by atoms with Gasteiger partial charge in [-0.1, -0.05) is 115 Å².